The number of amides is 1. The summed E-state index contributed by atoms with van der Waals surface area (Å²) in [5.74, 6) is -5.41. The number of carboxylic acids is 1. The zero-order valence-electron chi connectivity index (χ0n) is 23.7. The van der Waals surface area contributed by atoms with E-state index in [4.69, 9.17) is 4.74 Å². The van der Waals surface area contributed by atoms with E-state index >= 15 is 0 Å². The summed E-state index contributed by atoms with van der Waals surface area (Å²) in [5, 5.41) is 20.4. The second kappa shape index (κ2) is 11.1. The number of aliphatic hydroxyl groups is 1. The van der Waals surface area contributed by atoms with Gasteiger partial charge in [-0.1, -0.05) is 12.1 Å². The number of sulfone groups is 1. The van der Waals surface area contributed by atoms with Crippen LogP contribution in [0.15, 0.2) is 47.4 Å². The third-order valence-corrected chi connectivity index (χ3v) is 12.0. The lowest BCUT2D eigenvalue weighted by atomic mass is 9.75. The molecule has 1 amide bonds. The van der Waals surface area contributed by atoms with E-state index < -0.39 is 104 Å². The van der Waals surface area contributed by atoms with E-state index in [1.54, 1.807) is 0 Å². The predicted octanol–water partition coefficient (Wildman–Crippen LogP) is 5.03. The molecule has 1 saturated carbocycles. The summed E-state index contributed by atoms with van der Waals surface area (Å²) in [7, 11) is -4.68. The molecule has 2 aromatic rings. The molecule has 0 aromatic heterocycles. The van der Waals surface area contributed by atoms with Crippen molar-refractivity contribution in [3.05, 3.63) is 59.4 Å². The van der Waals surface area contributed by atoms with Crippen LogP contribution in [0.1, 0.15) is 43.2 Å². The summed E-state index contributed by atoms with van der Waals surface area (Å²) in [4.78, 5) is 25.6. The van der Waals surface area contributed by atoms with Crippen molar-refractivity contribution >= 4 is 21.7 Å². The summed E-state index contributed by atoms with van der Waals surface area (Å²) in [5.41, 5.74) is -10.0. The largest absolute Gasteiger partial charge is 0.493 e. The molecule has 1 aliphatic carbocycles. The number of carbonyl (C=O) groups is 2. The summed E-state index contributed by atoms with van der Waals surface area (Å²) < 4.78 is 142. The Bertz CT molecular complexity index is 1620. The van der Waals surface area contributed by atoms with Gasteiger partial charge in [0.2, 0.25) is 0 Å². The van der Waals surface area contributed by atoms with Crippen molar-refractivity contribution < 1.29 is 68.1 Å². The second-order valence-electron chi connectivity index (χ2n) is 11.9. The van der Waals surface area contributed by atoms with Crippen molar-refractivity contribution in [1.82, 2.24) is 4.90 Å². The first-order valence-corrected chi connectivity index (χ1v) is 15.5. The molecule has 2 aliphatic heterocycles. The SMILES string of the molecule is O=C(O)[C@H]1CC[C@](O)(C(=O)N2CCC3(S(=O)(=O)c4ccc(F)cc4)c4ccc(C(F)(C(F)(F)F)C(F)(F)F)cc4OCC3C2)CC1. The summed E-state index contributed by atoms with van der Waals surface area (Å²) >= 11 is 0. The number of piperidine rings is 1. The first-order valence-electron chi connectivity index (χ1n) is 14.0. The van der Waals surface area contributed by atoms with Crippen molar-refractivity contribution in [3.63, 3.8) is 0 Å². The van der Waals surface area contributed by atoms with Crippen LogP contribution >= 0.6 is 0 Å². The molecule has 2 atom stereocenters. The van der Waals surface area contributed by atoms with Gasteiger partial charge < -0.3 is 19.8 Å². The highest BCUT2D eigenvalue weighted by Gasteiger charge is 2.74. The number of aliphatic carboxylic acids is 1. The zero-order valence-corrected chi connectivity index (χ0v) is 24.5. The molecule has 46 heavy (non-hydrogen) atoms. The Morgan fingerprint density at radius 2 is 1.50 bits per heavy atom. The molecule has 2 aromatic carbocycles. The number of carbonyl (C=O) groups excluding carboxylic acids is 1. The van der Waals surface area contributed by atoms with Gasteiger partial charge in [0.15, 0.2) is 9.84 Å². The molecule has 2 N–H and O–H groups in total. The van der Waals surface area contributed by atoms with E-state index in [0.717, 1.165) is 29.2 Å². The highest BCUT2D eigenvalue weighted by Crippen LogP contribution is 2.57. The van der Waals surface area contributed by atoms with Gasteiger partial charge in [0, 0.05) is 30.1 Å². The highest BCUT2D eigenvalue weighted by atomic mass is 32.2. The lowest BCUT2D eigenvalue weighted by Gasteiger charge is -2.51. The molecule has 3 aliphatic rings. The van der Waals surface area contributed by atoms with Crippen LogP contribution in [0.5, 0.6) is 5.75 Å². The molecule has 8 nitrogen and oxygen atoms in total. The number of halogens is 8. The maximum Gasteiger partial charge on any atom is 0.435 e. The monoisotopic (exact) mass is 685 g/mol. The molecule has 0 radical (unpaired) electrons. The van der Waals surface area contributed by atoms with Crippen LogP contribution in [0, 0.1) is 17.7 Å². The molecule has 252 valence electrons. The van der Waals surface area contributed by atoms with Crippen LogP contribution in [0.2, 0.25) is 0 Å². The van der Waals surface area contributed by atoms with Crippen molar-refractivity contribution in [3.8, 4) is 5.75 Å². The van der Waals surface area contributed by atoms with Crippen LogP contribution < -0.4 is 4.74 Å². The lowest BCUT2D eigenvalue weighted by Crippen LogP contribution is -2.62. The fraction of sp³-hybridized carbons (Fsp3) is 0.517. The van der Waals surface area contributed by atoms with E-state index in [2.05, 4.69) is 0 Å². The smallest absolute Gasteiger partial charge is 0.435 e. The van der Waals surface area contributed by atoms with Crippen molar-refractivity contribution in [1.29, 1.82) is 0 Å². The van der Waals surface area contributed by atoms with Crippen LogP contribution in [-0.2, 0) is 29.8 Å². The Labute approximate surface area is 256 Å². The Morgan fingerprint density at radius 3 is 2.04 bits per heavy atom. The average Bonchev–Trinajstić information content (AvgIpc) is 2.98. The van der Waals surface area contributed by atoms with Crippen LogP contribution in [0.25, 0.3) is 0 Å². The van der Waals surface area contributed by atoms with Gasteiger partial charge in [0.25, 0.3) is 5.91 Å². The van der Waals surface area contributed by atoms with Crippen LogP contribution in [-0.4, -0.2) is 73.1 Å². The van der Waals surface area contributed by atoms with Gasteiger partial charge >= 0.3 is 24.0 Å². The third kappa shape index (κ3) is 5.09. The first-order chi connectivity index (χ1) is 21.2. The molecular weight excluding hydrogens is 658 g/mol. The molecule has 2 fully saturated rings. The average molecular weight is 686 g/mol. The number of hydrogen-bond acceptors (Lipinski definition) is 6. The number of hydrogen-bond donors (Lipinski definition) is 2. The number of rotatable bonds is 5. The van der Waals surface area contributed by atoms with E-state index in [0.29, 0.717) is 6.07 Å². The first kappa shape index (κ1) is 33.9. The minimum Gasteiger partial charge on any atom is -0.493 e. The van der Waals surface area contributed by atoms with Gasteiger partial charge in [-0.15, -0.1) is 0 Å². The maximum atomic E-state index is 14.9. The quantitative estimate of drug-likeness (QED) is 0.335. The maximum absolute atomic E-state index is 14.9. The van der Waals surface area contributed by atoms with Crippen molar-refractivity contribution in [2.75, 3.05) is 19.7 Å². The van der Waals surface area contributed by atoms with Crippen LogP contribution in [0.4, 0.5) is 35.1 Å². The topological polar surface area (TPSA) is 121 Å². The molecular formula is C29H27F8NO7S. The minimum absolute atomic E-state index is 0.00244. The predicted molar refractivity (Wildman–Crippen MR) is 141 cm³/mol. The number of ether oxygens (including phenoxy) is 1. The molecule has 2 unspecified atom stereocenters. The summed E-state index contributed by atoms with van der Waals surface area (Å²) in [6.07, 6.45) is -13.7. The third-order valence-electron chi connectivity index (χ3n) is 9.36. The fourth-order valence-electron chi connectivity index (χ4n) is 6.79. The summed E-state index contributed by atoms with van der Waals surface area (Å²) in [6.45, 7) is -1.42. The standard InChI is InChI=1S/C29H27F8NO7S/c30-19-2-4-20(5-3-19)46(43,44)26-11-12-38(24(41)25(42)9-7-16(8-10-25)23(39)40)14-18(26)15-45-22-13-17(1-6-21(22)26)27(31,28(32,33)34)29(35,36)37/h1-6,13,16,18,42H,7-12,14-15H2,(H,39,40)/t16-,18?,25+,26?. The fourth-order valence-corrected chi connectivity index (χ4v) is 9.11. The Kier molecular flexibility index (Phi) is 8.15. The van der Waals surface area contributed by atoms with E-state index in [1.807, 2.05) is 0 Å². The van der Waals surface area contributed by atoms with Gasteiger partial charge in [-0.25, -0.2) is 17.2 Å². The number of alkyl halides is 7. The van der Waals surface area contributed by atoms with Gasteiger partial charge in [-0.05, 0) is 62.4 Å². The number of carboxylic acid groups (broad SMARTS) is 1. The van der Waals surface area contributed by atoms with Crippen LogP contribution in [0.3, 0.4) is 0 Å². The molecule has 0 spiro atoms. The molecule has 0 bridgehead atoms. The summed E-state index contributed by atoms with van der Waals surface area (Å²) in [6, 6.07) is 4.52. The normalized spacial score (nSPS) is 27.3. The molecule has 17 heteroatoms. The second-order valence-corrected chi connectivity index (χ2v) is 14.1. The number of benzene rings is 2. The zero-order chi connectivity index (χ0) is 34.1. The van der Waals surface area contributed by atoms with E-state index in [-0.39, 0.29) is 49.9 Å². The Hall–Kier alpha value is -3.47. The van der Waals surface area contributed by atoms with E-state index in [9.17, 15) is 63.3 Å². The Balaban J connectivity index is 1.58. The minimum atomic E-state index is -6.44. The molecule has 5 rings (SSSR count). The van der Waals surface area contributed by atoms with Gasteiger partial charge in [0.1, 0.15) is 21.9 Å². The number of likely N-dealkylation sites (tertiary alicyclic amines) is 1. The molecule has 2 heterocycles. The molecule has 1 saturated heterocycles. The van der Waals surface area contributed by atoms with E-state index in [1.165, 1.54) is 0 Å². The number of nitrogens with zero attached hydrogens (tertiary/aromatic N) is 1. The van der Waals surface area contributed by atoms with Gasteiger partial charge in [-0.3, -0.25) is 9.59 Å². The Morgan fingerprint density at radius 1 is 0.913 bits per heavy atom. The lowest BCUT2D eigenvalue weighted by molar-refractivity contribution is -0.348. The van der Waals surface area contributed by atoms with Crippen molar-refractivity contribution in [2.24, 2.45) is 11.8 Å². The van der Waals surface area contributed by atoms with Gasteiger partial charge in [-0.2, -0.15) is 26.3 Å². The highest BCUT2D eigenvalue weighted by molar-refractivity contribution is 7.92. The number of fused-ring (bicyclic) bond motifs is 3. The van der Waals surface area contributed by atoms with Crippen molar-refractivity contribution in [2.45, 2.75) is 65.4 Å². The van der Waals surface area contributed by atoms with Gasteiger partial charge in [0.05, 0.1) is 17.4 Å².